The summed E-state index contributed by atoms with van der Waals surface area (Å²) in [4.78, 5) is 28.7. The van der Waals surface area contributed by atoms with Crippen molar-refractivity contribution in [3.63, 3.8) is 0 Å². The van der Waals surface area contributed by atoms with Gasteiger partial charge in [-0.25, -0.2) is 22.8 Å². The maximum Gasteiger partial charge on any atom is 1.00 e. The number of nitriles is 2. The maximum atomic E-state index is 11.4. The summed E-state index contributed by atoms with van der Waals surface area (Å²) in [6.45, 7) is 13.3. The van der Waals surface area contributed by atoms with E-state index in [4.69, 9.17) is 23.7 Å². The van der Waals surface area contributed by atoms with Gasteiger partial charge in [-0.2, -0.15) is 10.5 Å². The van der Waals surface area contributed by atoms with E-state index in [1.54, 1.807) is 12.1 Å². The summed E-state index contributed by atoms with van der Waals surface area (Å²) in [6, 6.07) is 3.44. The third-order valence-electron chi connectivity index (χ3n) is 4.56. The second-order valence-corrected chi connectivity index (χ2v) is 6.09. The van der Waals surface area contributed by atoms with Crippen molar-refractivity contribution >= 4 is 11.6 Å². The maximum absolute atomic E-state index is 11.4. The molecule has 0 aliphatic heterocycles. The third kappa shape index (κ3) is 9.67. The van der Waals surface area contributed by atoms with Crippen molar-refractivity contribution in [1.29, 1.82) is 10.5 Å². The van der Waals surface area contributed by atoms with E-state index in [2.05, 4.69) is 9.69 Å². The molecule has 0 amide bonds. The average molecular weight is 394 g/mol. The van der Waals surface area contributed by atoms with Gasteiger partial charge >= 0.3 is 49.7 Å². The Hall–Kier alpha value is -0.986. The fourth-order valence-corrected chi connectivity index (χ4v) is 3.18. The average Bonchev–Trinajstić information content (AvgIpc) is 3.31. The molecule has 2 fully saturated rings. The van der Waals surface area contributed by atoms with Crippen LogP contribution in [0.1, 0.15) is 51.4 Å². The van der Waals surface area contributed by atoms with Gasteiger partial charge in [-0.1, -0.05) is 25.7 Å². The Balaban J connectivity index is -0.000000384. The Morgan fingerprint density at radius 3 is 1.44 bits per heavy atom. The molecule has 2 aliphatic rings. The van der Waals surface area contributed by atoms with Gasteiger partial charge in [0.2, 0.25) is 0 Å². The Labute approximate surface area is 195 Å². The van der Waals surface area contributed by atoms with Crippen molar-refractivity contribution in [2.45, 2.75) is 57.5 Å². The minimum atomic E-state index is -1.06. The van der Waals surface area contributed by atoms with E-state index in [0.29, 0.717) is 0 Å². The van der Waals surface area contributed by atoms with Crippen LogP contribution in [-0.4, -0.2) is 17.7 Å². The molecule has 0 spiro atoms. The first-order chi connectivity index (χ1) is 11.6. The summed E-state index contributed by atoms with van der Waals surface area (Å²) in [5.41, 5.74) is 0. The second-order valence-electron chi connectivity index (χ2n) is 6.09. The Kier molecular flexibility index (Phi) is 19.5. The molecule has 2 saturated carbocycles. The van der Waals surface area contributed by atoms with Gasteiger partial charge in [0.25, 0.3) is 0 Å². The topological polar surface area (TPSA) is 90.4 Å². The molecule has 0 aromatic rings. The summed E-state index contributed by atoms with van der Waals surface area (Å²) in [6.07, 6.45) is 6.66. The van der Waals surface area contributed by atoms with Gasteiger partial charge in [0.15, 0.2) is 11.7 Å². The summed E-state index contributed by atoms with van der Waals surface area (Å²) in [5.74, 6) is -1.38. The molecule has 0 radical (unpaired) electrons. The molecule has 0 N–H and O–H groups in total. The first-order valence-corrected chi connectivity index (χ1v) is 8.18. The number of nitrogens with zero attached hydrogens (tertiary/aromatic N) is 4. The second kappa shape index (κ2) is 17.1. The van der Waals surface area contributed by atoms with Crippen LogP contribution in [0.4, 0.5) is 0 Å². The van der Waals surface area contributed by atoms with Crippen LogP contribution in [0.3, 0.4) is 0 Å². The third-order valence-corrected chi connectivity index (χ3v) is 4.56. The molecule has 0 atom stereocenters. The predicted octanol–water partition coefficient (Wildman–Crippen LogP) is -2.68. The van der Waals surface area contributed by atoms with Crippen LogP contribution in [0, 0.1) is 53.6 Å². The Bertz CT molecular complexity index is 550. The van der Waals surface area contributed by atoms with Crippen molar-refractivity contribution in [3.05, 3.63) is 22.8 Å². The summed E-state index contributed by atoms with van der Waals surface area (Å²) in [5, 5.41) is 16.9. The van der Waals surface area contributed by atoms with E-state index in [1.165, 1.54) is 0 Å². The van der Waals surface area contributed by atoms with E-state index >= 15 is 0 Å². The van der Waals surface area contributed by atoms with Crippen LogP contribution < -0.4 is 37.7 Å². The normalized spacial score (nSPS) is 15.3. The van der Waals surface area contributed by atoms with Crippen molar-refractivity contribution in [2.24, 2.45) is 17.8 Å². The molecule has 0 aromatic carbocycles. The van der Waals surface area contributed by atoms with Crippen LogP contribution in [0.15, 0.2) is 0 Å². The standard InChI is InChI=1S/2C9H10N2O.Fe.2Li/c1-10-9(11-2)8(12)7-5-3-4-6-7;10-5-8(6-11)9(12)7-3-1-2-4-7;;;/h7,9H,3-6H2;7-8H,1-4H2;;;/q;;;2*+1. The van der Waals surface area contributed by atoms with E-state index in [-0.39, 0.29) is 78.2 Å². The Morgan fingerprint density at radius 2 is 1.15 bits per heavy atom. The van der Waals surface area contributed by atoms with E-state index in [9.17, 15) is 9.59 Å². The van der Waals surface area contributed by atoms with Crippen LogP contribution in [0.2, 0.25) is 0 Å². The Morgan fingerprint density at radius 1 is 0.815 bits per heavy atom. The fourth-order valence-electron chi connectivity index (χ4n) is 3.18. The van der Waals surface area contributed by atoms with Crippen LogP contribution in [-0.2, 0) is 26.7 Å². The molecular formula is C18H20FeLi2N4O2+2. The smallest absolute Gasteiger partial charge is 0.297 e. The number of Topliss-reactive ketones (excluding diaryl/α,β-unsaturated/α-hetero) is 2. The van der Waals surface area contributed by atoms with Crippen molar-refractivity contribution < 1.29 is 64.4 Å². The number of carbonyl (C=O) groups is 2. The van der Waals surface area contributed by atoms with E-state index in [0.717, 1.165) is 51.4 Å². The monoisotopic (exact) mass is 394 g/mol. The van der Waals surface area contributed by atoms with Crippen molar-refractivity contribution in [3.8, 4) is 12.1 Å². The molecule has 0 heterocycles. The van der Waals surface area contributed by atoms with Gasteiger partial charge in [-0.15, -0.1) is 0 Å². The van der Waals surface area contributed by atoms with Crippen molar-refractivity contribution in [1.82, 2.24) is 0 Å². The van der Waals surface area contributed by atoms with E-state index < -0.39 is 12.1 Å². The van der Waals surface area contributed by atoms with Gasteiger partial charge in [0.1, 0.15) is 0 Å². The van der Waals surface area contributed by atoms with Gasteiger partial charge in [-0.05, 0) is 25.7 Å². The zero-order valence-corrected chi connectivity index (χ0v) is 17.0. The van der Waals surface area contributed by atoms with Crippen LogP contribution in [0.5, 0.6) is 0 Å². The summed E-state index contributed by atoms with van der Waals surface area (Å²) in [7, 11) is 0. The zero-order valence-electron chi connectivity index (χ0n) is 15.9. The molecule has 2 rings (SSSR count). The van der Waals surface area contributed by atoms with Gasteiger partial charge in [0, 0.05) is 28.9 Å². The molecule has 132 valence electrons. The summed E-state index contributed by atoms with van der Waals surface area (Å²) < 4.78 is 0. The van der Waals surface area contributed by atoms with Gasteiger partial charge in [-0.3, -0.25) is 9.59 Å². The molecule has 6 nitrogen and oxygen atoms in total. The molecule has 9 heteroatoms. The first-order valence-electron chi connectivity index (χ1n) is 8.18. The predicted molar refractivity (Wildman–Crippen MR) is 85.6 cm³/mol. The quantitative estimate of drug-likeness (QED) is 0.384. The SMILES string of the molecule is N#CC(C#N)C(=O)C1CCCC1.[C-]#[N+]C([N+]#[C-])C(=O)C1CCCC1.[Fe].[Li+].[Li+]. The van der Waals surface area contributed by atoms with Crippen molar-refractivity contribution in [2.75, 3.05) is 0 Å². The molecule has 27 heavy (non-hydrogen) atoms. The number of hydrogen-bond acceptors (Lipinski definition) is 4. The first kappa shape index (κ1) is 30.7. The number of carbonyl (C=O) groups excluding carboxylic acids is 2. The van der Waals surface area contributed by atoms with Crippen LogP contribution in [0.25, 0.3) is 9.69 Å². The molecule has 0 aromatic heterocycles. The zero-order chi connectivity index (χ0) is 17.9. The molecule has 0 saturated heterocycles. The molecular weight excluding hydrogens is 374 g/mol. The van der Waals surface area contributed by atoms with E-state index in [1.807, 2.05) is 0 Å². The minimum absolute atomic E-state index is 0. The number of ketones is 2. The molecule has 2 aliphatic carbocycles. The summed E-state index contributed by atoms with van der Waals surface area (Å²) >= 11 is 0. The van der Waals surface area contributed by atoms with Gasteiger partial charge in [0.05, 0.1) is 12.1 Å². The van der Waals surface area contributed by atoms with Gasteiger partial charge < -0.3 is 0 Å². The largest absolute Gasteiger partial charge is 1.00 e. The number of rotatable bonds is 4. The molecule has 0 unspecified atom stereocenters. The number of hydrogen-bond donors (Lipinski definition) is 0. The van der Waals surface area contributed by atoms with Crippen LogP contribution >= 0.6 is 0 Å². The molecule has 0 bridgehead atoms. The minimum Gasteiger partial charge on any atom is -0.297 e. The fraction of sp³-hybridized carbons (Fsp3) is 0.667.